The van der Waals surface area contributed by atoms with Crippen molar-refractivity contribution in [2.75, 3.05) is 6.61 Å². The number of hydrogen-bond acceptors (Lipinski definition) is 3. The minimum atomic E-state index is -0.914. The zero-order valence-corrected chi connectivity index (χ0v) is 10.7. The lowest BCUT2D eigenvalue weighted by Crippen LogP contribution is -2.32. The zero-order valence-electron chi connectivity index (χ0n) is 10.7. The van der Waals surface area contributed by atoms with Crippen LogP contribution in [0.2, 0.25) is 0 Å². The Kier molecular flexibility index (Phi) is 3.10. The van der Waals surface area contributed by atoms with Crippen molar-refractivity contribution in [1.29, 1.82) is 0 Å². The summed E-state index contributed by atoms with van der Waals surface area (Å²) in [6.45, 7) is 4.54. The Bertz CT molecular complexity index is 642. The van der Waals surface area contributed by atoms with E-state index in [1.165, 1.54) is 24.8 Å². The third kappa shape index (κ3) is 2.22. The molecule has 1 saturated heterocycles. The highest BCUT2D eigenvalue weighted by atomic mass is 19.1. The summed E-state index contributed by atoms with van der Waals surface area (Å²) in [6.07, 6.45) is 3.40. The van der Waals surface area contributed by atoms with Gasteiger partial charge in [0.1, 0.15) is 29.9 Å². The molecule has 0 spiro atoms. The van der Waals surface area contributed by atoms with Crippen molar-refractivity contribution >= 4 is 0 Å². The van der Waals surface area contributed by atoms with E-state index in [9.17, 15) is 8.78 Å². The lowest BCUT2D eigenvalue weighted by molar-refractivity contribution is -0.0193. The lowest BCUT2D eigenvalue weighted by atomic mass is 9.89. The molecule has 1 aromatic carbocycles. The Balaban J connectivity index is 2.03. The van der Waals surface area contributed by atoms with Crippen LogP contribution in [0.4, 0.5) is 8.78 Å². The molecule has 104 valence electrons. The molecule has 0 aliphatic carbocycles. The van der Waals surface area contributed by atoms with Crippen molar-refractivity contribution in [1.82, 2.24) is 14.8 Å². The molecule has 1 atom stereocenters. The molecule has 2 aromatic rings. The average molecular weight is 277 g/mol. The van der Waals surface area contributed by atoms with Crippen LogP contribution in [0, 0.1) is 11.6 Å². The van der Waals surface area contributed by atoms with Crippen LogP contribution in [0.1, 0.15) is 12.0 Å². The quantitative estimate of drug-likeness (QED) is 0.809. The van der Waals surface area contributed by atoms with E-state index in [2.05, 4.69) is 16.7 Å². The number of aromatic nitrogens is 3. The van der Waals surface area contributed by atoms with Gasteiger partial charge in [-0.05, 0) is 11.6 Å². The van der Waals surface area contributed by atoms with E-state index in [1.807, 2.05) is 0 Å². The molecule has 0 amide bonds. The third-order valence-electron chi connectivity index (χ3n) is 3.39. The summed E-state index contributed by atoms with van der Waals surface area (Å²) in [7, 11) is 0. The molecule has 0 saturated carbocycles. The molecule has 0 bridgehead atoms. The van der Waals surface area contributed by atoms with Crippen LogP contribution in [-0.2, 0) is 16.9 Å². The second-order valence-electron chi connectivity index (χ2n) is 4.93. The maximum atomic E-state index is 14.1. The Morgan fingerprint density at radius 3 is 2.85 bits per heavy atom. The van der Waals surface area contributed by atoms with E-state index < -0.39 is 17.2 Å². The fraction of sp³-hybridized carbons (Fsp3) is 0.286. The normalized spacial score (nSPS) is 22.4. The molecule has 3 rings (SSSR count). The van der Waals surface area contributed by atoms with E-state index >= 15 is 0 Å². The van der Waals surface area contributed by atoms with Crippen LogP contribution in [-0.4, -0.2) is 21.4 Å². The molecular formula is C14H13F2N3O. The van der Waals surface area contributed by atoms with Crippen molar-refractivity contribution in [3.8, 4) is 0 Å². The molecule has 1 fully saturated rings. The maximum Gasteiger partial charge on any atom is 0.137 e. The summed E-state index contributed by atoms with van der Waals surface area (Å²) in [5.41, 5.74) is 0.268. The van der Waals surface area contributed by atoms with Crippen LogP contribution in [0.5, 0.6) is 0 Å². The lowest BCUT2D eigenvalue weighted by Gasteiger charge is -2.28. The minimum Gasteiger partial charge on any atom is -0.364 e. The van der Waals surface area contributed by atoms with Gasteiger partial charge in [0.2, 0.25) is 0 Å². The van der Waals surface area contributed by atoms with E-state index in [0.717, 1.165) is 11.6 Å². The van der Waals surface area contributed by atoms with Crippen LogP contribution in [0.3, 0.4) is 0 Å². The SMILES string of the molecule is C=C1CO[C@@](Cn2cncn2)(c2ccc(F)cc2F)C1. The van der Waals surface area contributed by atoms with Crippen molar-refractivity contribution in [3.63, 3.8) is 0 Å². The molecule has 20 heavy (non-hydrogen) atoms. The van der Waals surface area contributed by atoms with Gasteiger partial charge in [0, 0.05) is 18.1 Å². The number of rotatable bonds is 3. The molecule has 1 aromatic heterocycles. The molecule has 4 nitrogen and oxygen atoms in total. The first-order valence-electron chi connectivity index (χ1n) is 6.18. The summed E-state index contributed by atoms with van der Waals surface area (Å²) in [5.74, 6) is -1.24. The average Bonchev–Trinajstić information content (AvgIpc) is 3.00. The summed E-state index contributed by atoms with van der Waals surface area (Å²) >= 11 is 0. The van der Waals surface area contributed by atoms with Crippen LogP contribution in [0.25, 0.3) is 0 Å². The topological polar surface area (TPSA) is 39.9 Å². The summed E-state index contributed by atoms with van der Waals surface area (Å²) in [5, 5.41) is 4.02. The van der Waals surface area contributed by atoms with Gasteiger partial charge in [-0.3, -0.25) is 0 Å². The minimum absolute atomic E-state index is 0.300. The number of halogens is 2. The summed E-state index contributed by atoms with van der Waals surface area (Å²) in [6, 6.07) is 3.51. The first-order chi connectivity index (χ1) is 9.59. The fourth-order valence-corrected chi connectivity index (χ4v) is 2.54. The molecule has 2 heterocycles. The molecular weight excluding hydrogens is 264 g/mol. The second kappa shape index (κ2) is 4.79. The number of nitrogens with zero attached hydrogens (tertiary/aromatic N) is 3. The highest BCUT2D eigenvalue weighted by Crippen LogP contribution is 2.40. The van der Waals surface area contributed by atoms with E-state index in [1.54, 1.807) is 4.68 Å². The predicted octanol–water partition coefficient (Wildman–Crippen LogP) is 2.43. The summed E-state index contributed by atoms with van der Waals surface area (Å²) < 4.78 is 34.5. The van der Waals surface area contributed by atoms with Gasteiger partial charge < -0.3 is 4.74 Å². The molecule has 1 aliphatic heterocycles. The largest absolute Gasteiger partial charge is 0.364 e. The Morgan fingerprint density at radius 1 is 1.40 bits per heavy atom. The molecule has 0 radical (unpaired) electrons. The Morgan fingerprint density at radius 2 is 2.25 bits per heavy atom. The van der Waals surface area contributed by atoms with Gasteiger partial charge in [0.25, 0.3) is 0 Å². The molecule has 0 N–H and O–H groups in total. The van der Waals surface area contributed by atoms with Crippen molar-refractivity contribution < 1.29 is 13.5 Å². The van der Waals surface area contributed by atoms with Crippen LogP contribution >= 0.6 is 0 Å². The fourth-order valence-electron chi connectivity index (χ4n) is 2.54. The summed E-state index contributed by atoms with van der Waals surface area (Å²) in [4.78, 5) is 3.86. The van der Waals surface area contributed by atoms with Gasteiger partial charge in [0.15, 0.2) is 0 Å². The van der Waals surface area contributed by atoms with Crippen molar-refractivity contribution in [2.45, 2.75) is 18.6 Å². The number of benzene rings is 1. The number of ether oxygens (including phenoxy) is 1. The van der Waals surface area contributed by atoms with Gasteiger partial charge >= 0.3 is 0 Å². The first kappa shape index (κ1) is 12.9. The predicted molar refractivity (Wildman–Crippen MR) is 67.8 cm³/mol. The second-order valence-corrected chi connectivity index (χ2v) is 4.93. The van der Waals surface area contributed by atoms with Gasteiger partial charge in [-0.2, -0.15) is 5.10 Å². The molecule has 0 unspecified atom stereocenters. The smallest absolute Gasteiger partial charge is 0.137 e. The highest BCUT2D eigenvalue weighted by Gasteiger charge is 2.41. The van der Waals surface area contributed by atoms with E-state index in [4.69, 9.17) is 4.74 Å². The molecule has 1 aliphatic rings. The highest BCUT2D eigenvalue weighted by molar-refractivity contribution is 5.29. The monoisotopic (exact) mass is 277 g/mol. The van der Waals surface area contributed by atoms with E-state index in [-0.39, 0.29) is 0 Å². The number of hydrogen-bond donors (Lipinski definition) is 0. The third-order valence-corrected chi connectivity index (χ3v) is 3.39. The van der Waals surface area contributed by atoms with Gasteiger partial charge in [0.05, 0.1) is 13.2 Å². The van der Waals surface area contributed by atoms with Crippen LogP contribution < -0.4 is 0 Å². The maximum absolute atomic E-state index is 14.1. The molecule has 6 heteroatoms. The van der Waals surface area contributed by atoms with Crippen LogP contribution in [0.15, 0.2) is 43.0 Å². The first-order valence-corrected chi connectivity index (χ1v) is 6.18. The van der Waals surface area contributed by atoms with Crippen molar-refractivity contribution in [2.24, 2.45) is 0 Å². The van der Waals surface area contributed by atoms with Gasteiger partial charge in [-0.25, -0.2) is 18.4 Å². The standard InChI is InChI=1S/C14H13F2N3O/c1-10-5-14(20-6-10,7-19-9-17-8-18-19)12-3-2-11(15)4-13(12)16/h2-4,8-9H,1,5-7H2/t14-/m0/s1. The Labute approximate surface area is 114 Å². The van der Waals surface area contributed by atoms with Gasteiger partial charge in [-0.15, -0.1) is 0 Å². The van der Waals surface area contributed by atoms with E-state index in [0.29, 0.717) is 25.1 Å². The van der Waals surface area contributed by atoms with Crippen molar-refractivity contribution in [3.05, 3.63) is 60.2 Å². The zero-order chi connectivity index (χ0) is 14.2. The van der Waals surface area contributed by atoms with Gasteiger partial charge in [-0.1, -0.05) is 12.6 Å². The Hall–Kier alpha value is -2.08.